The van der Waals surface area contributed by atoms with Gasteiger partial charge >= 0.3 is 0 Å². The van der Waals surface area contributed by atoms with Gasteiger partial charge in [0.05, 0.1) is 6.04 Å². The van der Waals surface area contributed by atoms with E-state index < -0.39 is 0 Å². The summed E-state index contributed by atoms with van der Waals surface area (Å²) in [6.45, 7) is 9.92. The molecule has 0 radical (unpaired) electrons. The molecule has 0 saturated heterocycles. The van der Waals surface area contributed by atoms with Crippen LogP contribution in [0, 0.1) is 20.8 Å². The van der Waals surface area contributed by atoms with Crippen LogP contribution >= 0.6 is 22.7 Å². The lowest BCUT2D eigenvalue weighted by atomic mass is 10.0. The standard InChI is InChI=1S/C15H21NS2/c1-5-7-16-14(15-10(2)6-8-17-15)13-9-11(3)18-12(13)4/h6,8-9,14,16H,5,7H2,1-4H3. The molecule has 98 valence electrons. The zero-order valence-electron chi connectivity index (χ0n) is 11.5. The fourth-order valence-corrected chi connectivity index (χ4v) is 4.23. The number of nitrogens with one attached hydrogen (secondary N) is 1. The molecule has 2 heterocycles. The summed E-state index contributed by atoms with van der Waals surface area (Å²) in [6.07, 6.45) is 1.17. The molecule has 1 N–H and O–H groups in total. The molecule has 3 heteroatoms. The molecule has 1 atom stereocenters. The number of hydrogen-bond donors (Lipinski definition) is 1. The van der Waals surface area contributed by atoms with Gasteiger partial charge in [0.15, 0.2) is 0 Å². The average Bonchev–Trinajstić information content (AvgIpc) is 2.87. The van der Waals surface area contributed by atoms with Crippen molar-refractivity contribution in [3.63, 3.8) is 0 Å². The van der Waals surface area contributed by atoms with Crippen LogP contribution in [-0.4, -0.2) is 6.54 Å². The van der Waals surface area contributed by atoms with Crippen molar-refractivity contribution in [2.24, 2.45) is 0 Å². The Morgan fingerprint density at radius 2 is 2.06 bits per heavy atom. The second kappa shape index (κ2) is 6.00. The van der Waals surface area contributed by atoms with E-state index in [2.05, 4.69) is 50.5 Å². The van der Waals surface area contributed by atoms with E-state index in [0.717, 1.165) is 6.54 Å². The first-order valence-electron chi connectivity index (χ1n) is 6.47. The van der Waals surface area contributed by atoms with Crippen LogP contribution in [0.25, 0.3) is 0 Å². The smallest absolute Gasteiger partial charge is 0.0684 e. The SMILES string of the molecule is CCCNC(c1cc(C)sc1C)c1sccc1C. The first kappa shape index (κ1) is 13.8. The van der Waals surface area contributed by atoms with Crippen molar-refractivity contribution in [3.8, 4) is 0 Å². The third-order valence-corrected chi connectivity index (χ3v) is 5.22. The fourth-order valence-electron chi connectivity index (χ4n) is 2.25. The highest BCUT2D eigenvalue weighted by Gasteiger charge is 2.20. The summed E-state index contributed by atoms with van der Waals surface area (Å²) in [7, 11) is 0. The Bertz CT molecular complexity index is 510. The van der Waals surface area contributed by atoms with Crippen molar-refractivity contribution in [2.45, 2.75) is 40.2 Å². The van der Waals surface area contributed by atoms with Crippen LogP contribution in [0.2, 0.25) is 0 Å². The van der Waals surface area contributed by atoms with Crippen molar-refractivity contribution < 1.29 is 0 Å². The largest absolute Gasteiger partial charge is 0.306 e. The van der Waals surface area contributed by atoms with Gasteiger partial charge in [-0.2, -0.15) is 0 Å². The summed E-state index contributed by atoms with van der Waals surface area (Å²) in [5, 5.41) is 5.89. The lowest BCUT2D eigenvalue weighted by Gasteiger charge is -2.18. The van der Waals surface area contributed by atoms with Gasteiger partial charge in [0.25, 0.3) is 0 Å². The molecule has 0 bridgehead atoms. The summed E-state index contributed by atoms with van der Waals surface area (Å²) in [5.74, 6) is 0. The third-order valence-electron chi connectivity index (χ3n) is 3.15. The van der Waals surface area contributed by atoms with Crippen molar-refractivity contribution in [3.05, 3.63) is 43.3 Å². The van der Waals surface area contributed by atoms with Gasteiger partial charge in [0, 0.05) is 14.6 Å². The Hall–Kier alpha value is -0.640. The Morgan fingerprint density at radius 1 is 1.28 bits per heavy atom. The molecule has 0 aliphatic carbocycles. The minimum atomic E-state index is 0.370. The van der Waals surface area contributed by atoms with Crippen molar-refractivity contribution in [2.75, 3.05) is 6.54 Å². The van der Waals surface area contributed by atoms with Gasteiger partial charge in [-0.3, -0.25) is 0 Å². The highest BCUT2D eigenvalue weighted by Crippen LogP contribution is 2.34. The molecule has 18 heavy (non-hydrogen) atoms. The van der Waals surface area contributed by atoms with Gasteiger partial charge in [-0.25, -0.2) is 0 Å². The van der Waals surface area contributed by atoms with E-state index in [0.29, 0.717) is 6.04 Å². The van der Waals surface area contributed by atoms with E-state index in [-0.39, 0.29) is 0 Å². The highest BCUT2D eigenvalue weighted by molar-refractivity contribution is 7.12. The molecule has 0 aliphatic rings. The first-order valence-corrected chi connectivity index (χ1v) is 8.17. The van der Waals surface area contributed by atoms with E-state index in [4.69, 9.17) is 0 Å². The lowest BCUT2D eigenvalue weighted by molar-refractivity contribution is 0.603. The van der Waals surface area contributed by atoms with Gasteiger partial charge in [-0.15, -0.1) is 22.7 Å². The summed E-state index contributed by atoms with van der Waals surface area (Å²) in [5.41, 5.74) is 2.85. The molecule has 2 aromatic rings. The zero-order valence-corrected chi connectivity index (χ0v) is 13.2. The Kier molecular flexibility index (Phi) is 4.60. The van der Waals surface area contributed by atoms with Crippen LogP contribution < -0.4 is 5.32 Å². The molecule has 1 nitrogen and oxygen atoms in total. The van der Waals surface area contributed by atoms with Crippen molar-refractivity contribution in [1.82, 2.24) is 5.32 Å². The van der Waals surface area contributed by atoms with E-state index in [1.54, 1.807) is 0 Å². The van der Waals surface area contributed by atoms with Crippen molar-refractivity contribution in [1.29, 1.82) is 0 Å². The van der Waals surface area contributed by atoms with E-state index in [9.17, 15) is 0 Å². The van der Waals surface area contributed by atoms with Crippen LogP contribution in [-0.2, 0) is 0 Å². The molecule has 2 rings (SSSR count). The predicted molar refractivity (Wildman–Crippen MR) is 83.0 cm³/mol. The van der Waals surface area contributed by atoms with Crippen LogP contribution in [0.15, 0.2) is 17.5 Å². The molecule has 2 aromatic heterocycles. The Morgan fingerprint density at radius 3 is 2.56 bits per heavy atom. The van der Waals surface area contributed by atoms with Gasteiger partial charge < -0.3 is 5.32 Å². The normalized spacial score (nSPS) is 12.9. The lowest BCUT2D eigenvalue weighted by Crippen LogP contribution is -2.23. The fraction of sp³-hybridized carbons (Fsp3) is 0.467. The third kappa shape index (κ3) is 2.85. The summed E-state index contributed by atoms with van der Waals surface area (Å²) >= 11 is 3.76. The van der Waals surface area contributed by atoms with E-state index in [1.165, 1.54) is 32.2 Å². The van der Waals surface area contributed by atoms with Gasteiger partial charge in [0.2, 0.25) is 0 Å². The van der Waals surface area contributed by atoms with Gasteiger partial charge in [0.1, 0.15) is 0 Å². The Labute approximate surface area is 118 Å². The minimum absolute atomic E-state index is 0.370. The average molecular weight is 279 g/mol. The number of hydrogen-bond acceptors (Lipinski definition) is 3. The van der Waals surface area contributed by atoms with Crippen LogP contribution in [0.3, 0.4) is 0 Å². The molecule has 0 saturated carbocycles. The predicted octanol–water partition coefficient (Wildman–Crippen LogP) is 4.82. The molecule has 0 fully saturated rings. The maximum Gasteiger partial charge on any atom is 0.0684 e. The summed E-state index contributed by atoms with van der Waals surface area (Å²) in [4.78, 5) is 4.30. The van der Waals surface area contributed by atoms with Gasteiger partial charge in [-0.05, 0) is 62.4 Å². The minimum Gasteiger partial charge on any atom is -0.306 e. The summed E-state index contributed by atoms with van der Waals surface area (Å²) in [6, 6.07) is 4.93. The van der Waals surface area contributed by atoms with Crippen LogP contribution in [0.5, 0.6) is 0 Å². The molecule has 0 aromatic carbocycles. The number of rotatable bonds is 5. The number of thiophene rings is 2. The number of aryl methyl sites for hydroxylation is 3. The summed E-state index contributed by atoms with van der Waals surface area (Å²) < 4.78 is 0. The van der Waals surface area contributed by atoms with Crippen molar-refractivity contribution >= 4 is 22.7 Å². The maximum absolute atomic E-state index is 3.70. The quantitative estimate of drug-likeness (QED) is 0.827. The Balaban J connectivity index is 2.37. The molecule has 1 unspecified atom stereocenters. The zero-order chi connectivity index (χ0) is 13.1. The molecule has 0 spiro atoms. The first-order chi connectivity index (χ1) is 8.63. The molecule has 0 aliphatic heterocycles. The van der Waals surface area contributed by atoms with E-state index >= 15 is 0 Å². The second-order valence-corrected chi connectivity index (χ2v) is 7.13. The molecule has 0 amide bonds. The second-order valence-electron chi connectivity index (χ2n) is 4.72. The van der Waals surface area contributed by atoms with Crippen LogP contribution in [0.1, 0.15) is 45.1 Å². The molecular formula is C15H21NS2. The van der Waals surface area contributed by atoms with E-state index in [1.807, 2.05) is 22.7 Å². The van der Waals surface area contributed by atoms with Crippen LogP contribution in [0.4, 0.5) is 0 Å². The topological polar surface area (TPSA) is 12.0 Å². The maximum atomic E-state index is 3.70. The monoisotopic (exact) mass is 279 g/mol. The highest BCUT2D eigenvalue weighted by atomic mass is 32.1. The van der Waals surface area contributed by atoms with Gasteiger partial charge in [-0.1, -0.05) is 6.92 Å². The molecular weight excluding hydrogens is 258 g/mol.